The van der Waals surface area contributed by atoms with E-state index in [1.54, 1.807) is 36.5 Å². The van der Waals surface area contributed by atoms with Crippen molar-refractivity contribution >= 4 is 28.8 Å². The Morgan fingerprint density at radius 2 is 1.68 bits per heavy atom. The summed E-state index contributed by atoms with van der Waals surface area (Å²) in [5.74, 6) is -0.326. The zero-order valence-corrected chi connectivity index (χ0v) is 14.5. The highest BCUT2D eigenvalue weighted by atomic mass is 16.2. The van der Waals surface area contributed by atoms with Crippen LogP contribution in [0.15, 0.2) is 42.6 Å². The first-order valence-electron chi connectivity index (χ1n) is 8.14. The molecule has 3 rings (SSSR count). The van der Waals surface area contributed by atoms with Crippen molar-refractivity contribution in [3.05, 3.63) is 59.5 Å². The van der Waals surface area contributed by atoms with Crippen molar-refractivity contribution < 1.29 is 9.59 Å². The number of anilines is 2. The minimum absolute atomic E-state index is 0.132. The third-order valence-corrected chi connectivity index (χ3v) is 4.02. The highest BCUT2D eigenvalue weighted by Crippen LogP contribution is 2.17. The van der Waals surface area contributed by atoms with Gasteiger partial charge in [0.05, 0.1) is 11.3 Å². The van der Waals surface area contributed by atoms with Crippen molar-refractivity contribution in [3.63, 3.8) is 0 Å². The number of carbonyl (C=O) groups excluding carboxylic acids is 2. The SMILES string of the molecule is CCc1nc2ccc(C(=O)Nc3ccc(NC(C)=O)cc3)cn2c1C. The number of nitrogens with one attached hydrogen (secondary N) is 2. The summed E-state index contributed by atoms with van der Waals surface area (Å²) in [6.07, 6.45) is 2.66. The molecule has 1 aromatic carbocycles. The second kappa shape index (κ2) is 6.76. The molecule has 0 unspecified atom stereocenters. The fourth-order valence-electron chi connectivity index (χ4n) is 2.72. The number of nitrogens with zero attached hydrogens (tertiary/aromatic N) is 2. The zero-order chi connectivity index (χ0) is 18.0. The molecule has 0 fully saturated rings. The molecule has 0 atom stereocenters. The topological polar surface area (TPSA) is 75.5 Å². The second-order valence-electron chi connectivity index (χ2n) is 5.86. The average Bonchev–Trinajstić information content (AvgIpc) is 2.92. The van der Waals surface area contributed by atoms with Gasteiger partial charge in [-0.15, -0.1) is 0 Å². The van der Waals surface area contributed by atoms with Crippen LogP contribution in [0, 0.1) is 6.92 Å². The van der Waals surface area contributed by atoms with Gasteiger partial charge in [0.1, 0.15) is 5.65 Å². The summed E-state index contributed by atoms with van der Waals surface area (Å²) in [6, 6.07) is 10.6. The van der Waals surface area contributed by atoms with Crippen LogP contribution in [0.2, 0.25) is 0 Å². The van der Waals surface area contributed by atoms with E-state index in [-0.39, 0.29) is 11.8 Å². The van der Waals surface area contributed by atoms with E-state index in [0.717, 1.165) is 23.5 Å². The zero-order valence-electron chi connectivity index (χ0n) is 14.5. The Hall–Kier alpha value is -3.15. The lowest BCUT2D eigenvalue weighted by Gasteiger charge is -2.08. The molecule has 0 saturated heterocycles. The van der Waals surface area contributed by atoms with Gasteiger partial charge in [0, 0.05) is 30.2 Å². The fourth-order valence-corrected chi connectivity index (χ4v) is 2.72. The van der Waals surface area contributed by atoms with Crippen LogP contribution in [-0.2, 0) is 11.2 Å². The lowest BCUT2D eigenvalue weighted by atomic mass is 10.2. The normalized spacial score (nSPS) is 10.7. The van der Waals surface area contributed by atoms with E-state index < -0.39 is 0 Å². The minimum Gasteiger partial charge on any atom is -0.326 e. The third kappa shape index (κ3) is 3.52. The number of aromatic nitrogens is 2. The van der Waals surface area contributed by atoms with Gasteiger partial charge in [0.2, 0.25) is 5.91 Å². The average molecular weight is 336 g/mol. The van der Waals surface area contributed by atoms with Gasteiger partial charge in [-0.05, 0) is 49.7 Å². The van der Waals surface area contributed by atoms with Crippen LogP contribution in [0.25, 0.3) is 5.65 Å². The highest BCUT2D eigenvalue weighted by molar-refractivity contribution is 6.04. The van der Waals surface area contributed by atoms with Crippen LogP contribution < -0.4 is 10.6 Å². The highest BCUT2D eigenvalue weighted by Gasteiger charge is 2.11. The van der Waals surface area contributed by atoms with Crippen molar-refractivity contribution in [1.29, 1.82) is 0 Å². The molecule has 0 aliphatic carbocycles. The van der Waals surface area contributed by atoms with Gasteiger partial charge in [-0.3, -0.25) is 9.59 Å². The van der Waals surface area contributed by atoms with Crippen LogP contribution in [0.4, 0.5) is 11.4 Å². The monoisotopic (exact) mass is 336 g/mol. The summed E-state index contributed by atoms with van der Waals surface area (Å²) in [5, 5.41) is 5.55. The second-order valence-corrected chi connectivity index (χ2v) is 5.86. The number of benzene rings is 1. The van der Waals surface area contributed by atoms with Crippen LogP contribution in [-0.4, -0.2) is 21.2 Å². The number of hydrogen-bond donors (Lipinski definition) is 2. The standard InChI is InChI=1S/C19H20N4O2/c1-4-17-12(2)23-11-14(5-10-18(23)22-17)19(25)21-16-8-6-15(7-9-16)20-13(3)24/h5-11H,4H2,1-3H3,(H,20,24)(H,21,25). The maximum atomic E-state index is 12.5. The first kappa shape index (κ1) is 16.7. The molecule has 2 aromatic heterocycles. The Morgan fingerprint density at radius 3 is 2.28 bits per heavy atom. The van der Waals surface area contributed by atoms with Crippen LogP contribution >= 0.6 is 0 Å². The van der Waals surface area contributed by atoms with Gasteiger partial charge >= 0.3 is 0 Å². The Bertz CT molecular complexity index is 942. The number of hydrogen-bond acceptors (Lipinski definition) is 3. The van der Waals surface area contributed by atoms with Crippen molar-refractivity contribution in [2.75, 3.05) is 10.6 Å². The fraction of sp³-hybridized carbons (Fsp3) is 0.211. The van der Waals surface area contributed by atoms with E-state index >= 15 is 0 Å². The molecule has 6 heteroatoms. The predicted molar refractivity (Wildman–Crippen MR) is 98.0 cm³/mol. The van der Waals surface area contributed by atoms with Gasteiger partial charge in [0.25, 0.3) is 5.91 Å². The quantitative estimate of drug-likeness (QED) is 0.766. The maximum absolute atomic E-state index is 12.5. The number of rotatable bonds is 4. The summed E-state index contributed by atoms with van der Waals surface area (Å²) in [5.41, 5.74) is 4.83. The molecule has 6 nitrogen and oxygen atoms in total. The van der Waals surface area contributed by atoms with E-state index in [4.69, 9.17) is 0 Å². The Morgan fingerprint density at radius 1 is 1.04 bits per heavy atom. The molecule has 0 saturated carbocycles. The van der Waals surface area contributed by atoms with Gasteiger partial charge in [-0.1, -0.05) is 6.92 Å². The van der Waals surface area contributed by atoms with Crippen LogP contribution in [0.1, 0.15) is 35.6 Å². The summed E-state index contributed by atoms with van der Waals surface area (Å²) in [4.78, 5) is 28.1. The molecular formula is C19H20N4O2. The lowest BCUT2D eigenvalue weighted by Crippen LogP contribution is -2.13. The third-order valence-electron chi connectivity index (χ3n) is 4.02. The molecule has 3 aromatic rings. The summed E-state index contributed by atoms with van der Waals surface area (Å²) >= 11 is 0. The lowest BCUT2D eigenvalue weighted by molar-refractivity contribution is -0.114. The molecule has 2 amide bonds. The van der Waals surface area contributed by atoms with E-state index in [1.165, 1.54) is 6.92 Å². The summed E-state index contributed by atoms with van der Waals surface area (Å²) < 4.78 is 1.94. The summed E-state index contributed by atoms with van der Waals surface area (Å²) in [6.45, 7) is 5.52. The number of aryl methyl sites for hydroxylation is 2. The van der Waals surface area contributed by atoms with Gasteiger partial charge in [0.15, 0.2) is 0 Å². The van der Waals surface area contributed by atoms with Crippen molar-refractivity contribution in [2.45, 2.75) is 27.2 Å². The number of amides is 2. The minimum atomic E-state index is -0.194. The predicted octanol–water partition coefficient (Wildman–Crippen LogP) is 3.42. The van der Waals surface area contributed by atoms with Gasteiger partial charge in [-0.2, -0.15) is 0 Å². The number of carbonyl (C=O) groups is 2. The first-order valence-corrected chi connectivity index (χ1v) is 8.14. The van der Waals surface area contributed by atoms with E-state index in [1.807, 2.05) is 17.4 Å². The van der Waals surface area contributed by atoms with Crippen molar-refractivity contribution in [1.82, 2.24) is 9.38 Å². The molecule has 0 bridgehead atoms. The smallest absolute Gasteiger partial charge is 0.257 e. The molecular weight excluding hydrogens is 316 g/mol. The molecule has 0 spiro atoms. The summed E-state index contributed by atoms with van der Waals surface area (Å²) in [7, 11) is 0. The van der Waals surface area contributed by atoms with Gasteiger partial charge < -0.3 is 15.0 Å². The largest absolute Gasteiger partial charge is 0.326 e. The van der Waals surface area contributed by atoms with Gasteiger partial charge in [-0.25, -0.2) is 4.98 Å². The van der Waals surface area contributed by atoms with Crippen LogP contribution in [0.5, 0.6) is 0 Å². The Balaban J connectivity index is 1.80. The van der Waals surface area contributed by atoms with E-state index in [9.17, 15) is 9.59 Å². The number of pyridine rings is 1. The molecule has 0 radical (unpaired) electrons. The Kier molecular flexibility index (Phi) is 4.52. The van der Waals surface area contributed by atoms with Crippen molar-refractivity contribution in [3.8, 4) is 0 Å². The molecule has 2 N–H and O–H groups in total. The first-order chi connectivity index (χ1) is 12.0. The number of fused-ring (bicyclic) bond motifs is 1. The Labute approximate surface area is 145 Å². The van der Waals surface area contributed by atoms with Crippen molar-refractivity contribution in [2.24, 2.45) is 0 Å². The van der Waals surface area contributed by atoms with Crippen LogP contribution in [0.3, 0.4) is 0 Å². The maximum Gasteiger partial charge on any atom is 0.257 e. The molecule has 128 valence electrons. The van der Waals surface area contributed by atoms with E-state index in [0.29, 0.717) is 16.9 Å². The number of imidazole rings is 1. The molecule has 25 heavy (non-hydrogen) atoms. The molecule has 0 aliphatic heterocycles. The molecule has 2 heterocycles. The molecule has 0 aliphatic rings. The van der Waals surface area contributed by atoms with E-state index in [2.05, 4.69) is 22.5 Å².